The van der Waals surface area contributed by atoms with Crippen molar-refractivity contribution in [3.63, 3.8) is 0 Å². The third-order valence-electron chi connectivity index (χ3n) is 4.16. The quantitative estimate of drug-likeness (QED) is 0.749. The Morgan fingerprint density at radius 2 is 1.92 bits per heavy atom. The van der Waals surface area contributed by atoms with Crippen LogP contribution in [-0.4, -0.2) is 21.9 Å². The van der Waals surface area contributed by atoms with Crippen LogP contribution in [0.5, 0.6) is 0 Å². The van der Waals surface area contributed by atoms with Crippen LogP contribution in [-0.2, 0) is 0 Å². The van der Waals surface area contributed by atoms with Gasteiger partial charge in [0.15, 0.2) is 0 Å². The fraction of sp³-hybridized carbons (Fsp3) is 0.389. The second-order valence-corrected chi connectivity index (χ2v) is 6.98. The van der Waals surface area contributed by atoms with Gasteiger partial charge in [-0.25, -0.2) is 9.97 Å². The molecule has 1 aliphatic rings. The van der Waals surface area contributed by atoms with Gasteiger partial charge in [0.05, 0.1) is 0 Å². The van der Waals surface area contributed by atoms with E-state index in [1.54, 1.807) is 12.3 Å². The summed E-state index contributed by atoms with van der Waals surface area (Å²) < 4.78 is 0.915. The molecule has 126 valence electrons. The van der Waals surface area contributed by atoms with Crippen LogP contribution in [0.1, 0.15) is 49.0 Å². The number of carbonyl (C=O) groups excluding carboxylic acids is 1. The molecule has 0 saturated heterocycles. The van der Waals surface area contributed by atoms with Crippen molar-refractivity contribution in [1.29, 1.82) is 0 Å². The number of amides is 1. The molecular weight excluding hydrogens is 368 g/mol. The Bertz CT molecular complexity index is 699. The van der Waals surface area contributed by atoms with Crippen LogP contribution in [0.2, 0.25) is 0 Å². The van der Waals surface area contributed by atoms with Crippen LogP contribution < -0.4 is 10.6 Å². The number of nitrogens with zero attached hydrogens (tertiary/aromatic N) is 2. The van der Waals surface area contributed by atoms with Gasteiger partial charge >= 0.3 is 0 Å². The minimum atomic E-state index is -0.237. The SMILES string of the molecule is O=C(Nc1cccc(Br)c1)c1ccnc(NC2CCCCCC2)n1. The Kier molecular flexibility index (Phi) is 5.80. The molecule has 0 atom stereocenters. The Morgan fingerprint density at radius 3 is 2.67 bits per heavy atom. The highest BCUT2D eigenvalue weighted by molar-refractivity contribution is 9.10. The van der Waals surface area contributed by atoms with Crippen LogP contribution in [0.15, 0.2) is 41.0 Å². The molecule has 5 nitrogen and oxygen atoms in total. The monoisotopic (exact) mass is 388 g/mol. The van der Waals surface area contributed by atoms with Crippen molar-refractivity contribution in [2.24, 2.45) is 0 Å². The largest absolute Gasteiger partial charge is 0.351 e. The van der Waals surface area contributed by atoms with Crippen LogP contribution in [0.4, 0.5) is 11.6 Å². The third kappa shape index (κ3) is 4.77. The minimum Gasteiger partial charge on any atom is -0.351 e. The maximum absolute atomic E-state index is 12.4. The number of benzene rings is 1. The second kappa shape index (κ2) is 8.24. The van der Waals surface area contributed by atoms with Crippen LogP contribution in [0.25, 0.3) is 0 Å². The van der Waals surface area contributed by atoms with E-state index in [4.69, 9.17) is 0 Å². The van der Waals surface area contributed by atoms with E-state index >= 15 is 0 Å². The Balaban J connectivity index is 1.66. The molecule has 1 amide bonds. The first-order valence-electron chi connectivity index (χ1n) is 8.37. The summed E-state index contributed by atoms with van der Waals surface area (Å²) in [6, 6.07) is 9.51. The molecule has 0 aliphatic heterocycles. The summed E-state index contributed by atoms with van der Waals surface area (Å²) in [6.07, 6.45) is 8.97. The summed E-state index contributed by atoms with van der Waals surface area (Å²) in [6.45, 7) is 0. The van der Waals surface area contributed by atoms with Crippen molar-refractivity contribution in [2.75, 3.05) is 10.6 Å². The highest BCUT2D eigenvalue weighted by Crippen LogP contribution is 2.20. The maximum atomic E-state index is 12.4. The van der Waals surface area contributed by atoms with Gasteiger partial charge in [-0.3, -0.25) is 4.79 Å². The Hall–Kier alpha value is -1.95. The van der Waals surface area contributed by atoms with Crippen molar-refractivity contribution < 1.29 is 4.79 Å². The van der Waals surface area contributed by atoms with E-state index in [2.05, 4.69) is 36.5 Å². The molecule has 24 heavy (non-hydrogen) atoms. The van der Waals surface area contributed by atoms with Gasteiger partial charge in [-0.05, 0) is 37.1 Å². The van der Waals surface area contributed by atoms with Crippen LogP contribution >= 0.6 is 15.9 Å². The van der Waals surface area contributed by atoms with Gasteiger partial charge < -0.3 is 10.6 Å². The molecule has 1 saturated carbocycles. The molecule has 1 aliphatic carbocycles. The van der Waals surface area contributed by atoms with E-state index in [0.717, 1.165) is 23.0 Å². The fourth-order valence-electron chi connectivity index (χ4n) is 2.92. The fourth-order valence-corrected chi connectivity index (χ4v) is 3.32. The van der Waals surface area contributed by atoms with E-state index in [1.165, 1.54) is 25.7 Å². The number of carbonyl (C=O) groups is 1. The van der Waals surface area contributed by atoms with Gasteiger partial charge in [-0.2, -0.15) is 0 Å². The summed E-state index contributed by atoms with van der Waals surface area (Å²) in [5.74, 6) is 0.295. The van der Waals surface area contributed by atoms with Crippen LogP contribution in [0.3, 0.4) is 0 Å². The number of anilines is 2. The summed E-state index contributed by atoms with van der Waals surface area (Å²) >= 11 is 3.39. The van der Waals surface area contributed by atoms with Crippen molar-refractivity contribution in [2.45, 2.75) is 44.6 Å². The Labute approximate surface area is 150 Å². The number of rotatable bonds is 4. The first kappa shape index (κ1) is 16.9. The molecule has 1 fully saturated rings. The molecule has 1 aromatic carbocycles. The first-order valence-corrected chi connectivity index (χ1v) is 9.16. The highest BCUT2D eigenvalue weighted by atomic mass is 79.9. The first-order chi connectivity index (χ1) is 11.7. The molecule has 0 unspecified atom stereocenters. The van der Waals surface area contributed by atoms with Gasteiger partial charge in [0.25, 0.3) is 5.91 Å². The molecule has 0 spiro atoms. The van der Waals surface area contributed by atoms with E-state index in [9.17, 15) is 4.79 Å². The summed E-state index contributed by atoms with van der Waals surface area (Å²) in [7, 11) is 0. The predicted molar refractivity (Wildman–Crippen MR) is 99.2 cm³/mol. The lowest BCUT2D eigenvalue weighted by atomic mass is 10.1. The number of aromatic nitrogens is 2. The van der Waals surface area contributed by atoms with Gasteiger partial charge in [0, 0.05) is 22.4 Å². The molecular formula is C18H21BrN4O. The van der Waals surface area contributed by atoms with Gasteiger partial charge in [-0.1, -0.05) is 47.7 Å². The summed E-state index contributed by atoms with van der Waals surface area (Å²) in [5.41, 5.74) is 1.09. The average Bonchev–Trinajstić information content (AvgIpc) is 2.84. The van der Waals surface area contributed by atoms with Gasteiger partial charge in [0.2, 0.25) is 5.95 Å². The normalized spacial score (nSPS) is 15.5. The van der Waals surface area contributed by atoms with Crippen LogP contribution in [0, 0.1) is 0 Å². The summed E-state index contributed by atoms with van der Waals surface area (Å²) in [4.78, 5) is 21.0. The lowest BCUT2D eigenvalue weighted by molar-refractivity contribution is 0.102. The molecule has 0 radical (unpaired) electrons. The van der Waals surface area contributed by atoms with Crippen molar-refractivity contribution in [1.82, 2.24) is 9.97 Å². The lowest BCUT2D eigenvalue weighted by Crippen LogP contribution is -2.21. The maximum Gasteiger partial charge on any atom is 0.274 e. The van der Waals surface area contributed by atoms with E-state index in [1.807, 2.05) is 24.3 Å². The van der Waals surface area contributed by atoms with E-state index < -0.39 is 0 Å². The third-order valence-corrected chi connectivity index (χ3v) is 4.65. The van der Waals surface area contributed by atoms with E-state index in [-0.39, 0.29) is 5.91 Å². The van der Waals surface area contributed by atoms with Crippen molar-refractivity contribution in [3.05, 3.63) is 46.7 Å². The zero-order valence-corrected chi connectivity index (χ0v) is 15.1. The summed E-state index contributed by atoms with van der Waals surface area (Å²) in [5, 5.41) is 6.23. The molecule has 1 aromatic heterocycles. The number of hydrogen-bond donors (Lipinski definition) is 2. The second-order valence-electron chi connectivity index (χ2n) is 6.06. The highest BCUT2D eigenvalue weighted by Gasteiger charge is 2.14. The standard InChI is InChI=1S/C18H21BrN4O/c19-13-6-5-9-15(12-13)21-17(24)16-10-11-20-18(23-16)22-14-7-3-1-2-4-8-14/h5-6,9-12,14H,1-4,7-8H2,(H,21,24)(H,20,22,23). The molecule has 3 rings (SSSR count). The molecule has 1 heterocycles. The minimum absolute atomic E-state index is 0.237. The number of hydrogen-bond acceptors (Lipinski definition) is 4. The topological polar surface area (TPSA) is 66.9 Å². The van der Waals surface area contributed by atoms with Crippen molar-refractivity contribution >= 4 is 33.5 Å². The lowest BCUT2D eigenvalue weighted by Gasteiger charge is -2.16. The Morgan fingerprint density at radius 1 is 1.12 bits per heavy atom. The molecule has 0 bridgehead atoms. The smallest absolute Gasteiger partial charge is 0.274 e. The van der Waals surface area contributed by atoms with Gasteiger partial charge in [-0.15, -0.1) is 0 Å². The predicted octanol–water partition coefficient (Wildman–Crippen LogP) is 4.63. The van der Waals surface area contributed by atoms with Crippen molar-refractivity contribution in [3.8, 4) is 0 Å². The molecule has 2 N–H and O–H groups in total. The zero-order chi connectivity index (χ0) is 16.8. The molecule has 2 aromatic rings. The van der Waals surface area contributed by atoms with Gasteiger partial charge in [0.1, 0.15) is 5.69 Å². The molecule has 6 heteroatoms. The zero-order valence-electron chi connectivity index (χ0n) is 13.5. The number of nitrogens with one attached hydrogen (secondary N) is 2. The number of halogens is 1. The average molecular weight is 389 g/mol. The van der Waals surface area contributed by atoms with E-state index in [0.29, 0.717) is 17.7 Å².